The van der Waals surface area contributed by atoms with Gasteiger partial charge in [-0.05, 0) is 62.7 Å². The van der Waals surface area contributed by atoms with Gasteiger partial charge in [-0.1, -0.05) is 6.07 Å². The number of ether oxygens (including phenoxy) is 3. The third-order valence-corrected chi connectivity index (χ3v) is 5.16. The number of hydrogen-bond donors (Lipinski definition) is 1. The van der Waals surface area contributed by atoms with Crippen molar-refractivity contribution in [1.29, 1.82) is 0 Å². The highest BCUT2D eigenvalue weighted by molar-refractivity contribution is 5.97. The first-order valence-electron chi connectivity index (χ1n) is 9.76. The molecule has 0 saturated heterocycles. The molecule has 4 rings (SSSR count). The Morgan fingerprint density at radius 1 is 1.10 bits per heavy atom. The van der Waals surface area contributed by atoms with Crippen LogP contribution >= 0.6 is 0 Å². The number of nitrogens with zero attached hydrogens (tertiary/aromatic N) is 2. The number of aryl methyl sites for hydroxylation is 1. The molecular formula is C23H23N3O5. The number of amides is 1. The summed E-state index contributed by atoms with van der Waals surface area (Å²) in [6.07, 6.45) is 0. The van der Waals surface area contributed by atoms with E-state index >= 15 is 0 Å². The van der Waals surface area contributed by atoms with Gasteiger partial charge in [-0.15, -0.1) is 0 Å². The molecule has 1 amide bonds. The van der Waals surface area contributed by atoms with Crippen LogP contribution in [0, 0.1) is 6.92 Å². The van der Waals surface area contributed by atoms with Gasteiger partial charge in [0, 0.05) is 11.6 Å². The molecule has 0 bridgehead atoms. The molecule has 2 aromatic carbocycles. The molecule has 1 N–H and O–H groups in total. The number of benzene rings is 2. The number of nitrogens with one attached hydrogen (secondary N) is 1. The Morgan fingerprint density at radius 2 is 1.87 bits per heavy atom. The summed E-state index contributed by atoms with van der Waals surface area (Å²) >= 11 is 0. The number of hydrogen-bond acceptors (Lipinski definition) is 6. The molecule has 2 heterocycles. The largest absolute Gasteiger partial charge is 0.495 e. The van der Waals surface area contributed by atoms with Crippen LogP contribution in [-0.4, -0.2) is 29.6 Å². The number of anilines is 1. The molecule has 0 unspecified atom stereocenters. The highest BCUT2D eigenvalue weighted by atomic mass is 16.7. The summed E-state index contributed by atoms with van der Waals surface area (Å²) in [7, 11) is 1.53. The van der Waals surface area contributed by atoms with Crippen molar-refractivity contribution in [2.24, 2.45) is 0 Å². The molecule has 1 aromatic heterocycles. The molecular weight excluding hydrogens is 398 g/mol. The standard InChI is InChI=1S/C23H23N3O5/c1-14-5-8-18(29-4)17(11-14)24-22(28)23(2,3)26-21(27)10-7-16(25-26)15-6-9-19-20(12-15)31-13-30-19/h5-12H,13H2,1-4H3,(H,24,28). The highest BCUT2D eigenvalue weighted by Gasteiger charge is 2.33. The minimum Gasteiger partial charge on any atom is -0.495 e. The lowest BCUT2D eigenvalue weighted by molar-refractivity contribution is -0.123. The van der Waals surface area contributed by atoms with Crippen molar-refractivity contribution in [1.82, 2.24) is 9.78 Å². The molecule has 160 valence electrons. The molecule has 0 atom stereocenters. The molecule has 0 fully saturated rings. The SMILES string of the molecule is COc1ccc(C)cc1NC(=O)C(C)(C)n1nc(-c2ccc3c(c2)OCO3)ccc1=O. The first kappa shape index (κ1) is 20.5. The molecule has 1 aliphatic heterocycles. The lowest BCUT2D eigenvalue weighted by Gasteiger charge is -2.26. The summed E-state index contributed by atoms with van der Waals surface area (Å²) in [5.74, 6) is 1.41. The van der Waals surface area contributed by atoms with E-state index in [2.05, 4.69) is 10.4 Å². The van der Waals surface area contributed by atoms with Crippen molar-refractivity contribution in [3.8, 4) is 28.5 Å². The average molecular weight is 421 g/mol. The van der Waals surface area contributed by atoms with Gasteiger partial charge >= 0.3 is 0 Å². The van der Waals surface area contributed by atoms with Crippen LogP contribution in [0.2, 0.25) is 0 Å². The van der Waals surface area contributed by atoms with E-state index in [0.717, 1.165) is 11.1 Å². The van der Waals surface area contributed by atoms with Gasteiger partial charge in [-0.2, -0.15) is 5.10 Å². The van der Waals surface area contributed by atoms with Gasteiger partial charge in [-0.3, -0.25) is 9.59 Å². The Bertz CT molecular complexity index is 1220. The van der Waals surface area contributed by atoms with E-state index in [-0.39, 0.29) is 12.4 Å². The maximum atomic E-state index is 13.2. The van der Waals surface area contributed by atoms with Crippen LogP contribution in [0.4, 0.5) is 5.69 Å². The first-order valence-corrected chi connectivity index (χ1v) is 9.76. The van der Waals surface area contributed by atoms with Crippen molar-refractivity contribution >= 4 is 11.6 Å². The molecule has 8 nitrogen and oxygen atoms in total. The summed E-state index contributed by atoms with van der Waals surface area (Å²) in [6.45, 7) is 5.37. The predicted molar refractivity (Wildman–Crippen MR) is 116 cm³/mol. The molecule has 0 spiro atoms. The van der Waals surface area contributed by atoms with Crippen molar-refractivity contribution < 1.29 is 19.0 Å². The first-order chi connectivity index (χ1) is 14.8. The molecule has 0 radical (unpaired) electrons. The van der Waals surface area contributed by atoms with Crippen LogP contribution in [0.25, 0.3) is 11.3 Å². The molecule has 0 aliphatic carbocycles. The van der Waals surface area contributed by atoms with Gasteiger partial charge in [0.15, 0.2) is 11.5 Å². The second kappa shape index (κ2) is 7.79. The topological polar surface area (TPSA) is 91.7 Å². The van der Waals surface area contributed by atoms with E-state index in [1.807, 2.05) is 25.1 Å². The Balaban J connectivity index is 1.68. The quantitative estimate of drug-likeness (QED) is 0.680. The Morgan fingerprint density at radius 3 is 2.65 bits per heavy atom. The van der Waals surface area contributed by atoms with Gasteiger partial charge in [0.2, 0.25) is 6.79 Å². The maximum Gasteiger partial charge on any atom is 0.267 e. The fraction of sp³-hybridized carbons (Fsp3) is 0.261. The summed E-state index contributed by atoms with van der Waals surface area (Å²) in [4.78, 5) is 25.8. The number of carbonyl (C=O) groups excluding carboxylic acids is 1. The predicted octanol–water partition coefficient (Wildman–Crippen LogP) is 3.33. The van der Waals surface area contributed by atoms with Crippen LogP contribution < -0.4 is 25.1 Å². The highest BCUT2D eigenvalue weighted by Crippen LogP contribution is 2.35. The molecule has 3 aromatic rings. The minimum absolute atomic E-state index is 0.168. The van der Waals surface area contributed by atoms with Crippen LogP contribution in [0.1, 0.15) is 19.4 Å². The van der Waals surface area contributed by atoms with Crippen LogP contribution in [-0.2, 0) is 10.3 Å². The van der Waals surface area contributed by atoms with Gasteiger partial charge in [-0.25, -0.2) is 4.68 Å². The van der Waals surface area contributed by atoms with Crippen molar-refractivity contribution in [3.63, 3.8) is 0 Å². The summed E-state index contributed by atoms with van der Waals surface area (Å²) < 4.78 is 17.3. The fourth-order valence-corrected chi connectivity index (χ4v) is 3.31. The molecule has 8 heteroatoms. The molecule has 0 saturated carbocycles. The van der Waals surface area contributed by atoms with Crippen LogP contribution in [0.3, 0.4) is 0 Å². The van der Waals surface area contributed by atoms with E-state index in [9.17, 15) is 9.59 Å². The van der Waals surface area contributed by atoms with E-state index in [4.69, 9.17) is 14.2 Å². The third-order valence-electron chi connectivity index (χ3n) is 5.16. The average Bonchev–Trinajstić information content (AvgIpc) is 3.22. The Hall–Kier alpha value is -3.81. The Labute approximate surface area is 179 Å². The number of methoxy groups -OCH3 is 1. The van der Waals surface area contributed by atoms with E-state index in [1.165, 1.54) is 17.9 Å². The minimum atomic E-state index is -1.27. The van der Waals surface area contributed by atoms with Gasteiger partial charge in [0.05, 0.1) is 18.5 Å². The fourth-order valence-electron chi connectivity index (χ4n) is 3.31. The van der Waals surface area contributed by atoms with E-state index < -0.39 is 11.4 Å². The summed E-state index contributed by atoms with van der Waals surface area (Å²) in [6, 6.07) is 13.9. The van der Waals surface area contributed by atoms with Crippen LogP contribution in [0.15, 0.2) is 53.3 Å². The van der Waals surface area contributed by atoms with Crippen molar-refractivity contribution in [2.75, 3.05) is 19.2 Å². The molecule has 31 heavy (non-hydrogen) atoms. The van der Waals surface area contributed by atoms with Gasteiger partial charge in [0.1, 0.15) is 11.3 Å². The van der Waals surface area contributed by atoms with Crippen LogP contribution in [0.5, 0.6) is 17.2 Å². The zero-order valence-electron chi connectivity index (χ0n) is 17.8. The van der Waals surface area contributed by atoms with Gasteiger partial charge < -0.3 is 19.5 Å². The molecule has 1 aliphatic rings. The van der Waals surface area contributed by atoms with E-state index in [0.29, 0.717) is 28.6 Å². The number of rotatable bonds is 5. The summed E-state index contributed by atoms with van der Waals surface area (Å²) in [5.41, 5.74) is 1.12. The second-order valence-corrected chi connectivity index (χ2v) is 7.75. The maximum absolute atomic E-state index is 13.2. The van der Waals surface area contributed by atoms with Crippen molar-refractivity contribution in [2.45, 2.75) is 26.3 Å². The lowest BCUT2D eigenvalue weighted by atomic mass is 10.0. The zero-order chi connectivity index (χ0) is 22.2. The van der Waals surface area contributed by atoms with Crippen molar-refractivity contribution in [3.05, 3.63) is 64.4 Å². The Kier molecular flexibility index (Phi) is 5.14. The second-order valence-electron chi connectivity index (χ2n) is 7.75. The monoisotopic (exact) mass is 421 g/mol. The normalized spacial score (nSPS) is 12.5. The summed E-state index contributed by atoms with van der Waals surface area (Å²) in [5, 5.41) is 7.34. The third kappa shape index (κ3) is 3.84. The number of fused-ring (bicyclic) bond motifs is 1. The zero-order valence-corrected chi connectivity index (χ0v) is 17.8. The van der Waals surface area contributed by atoms with Gasteiger partial charge in [0.25, 0.3) is 11.5 Å². The smallest absolute Gasteiger partial charge is 0.267 e. The lowest BCUT2D eigenvalue weighted by Crippen LogP contribution is -2.47. The van der Waals surface area contributed by atoms with E-state index in [1.54, 1.807) is 38.1 Å². The number of carbonyl (C=O) groups is 1. The number of aromatic nitrogens is 2.